The fourth-order valence-corrected chi connectivity index (χ4v) is 3.20. The number of hydrogen-bond acceptors (Lipinski definition) is 1. The maximum absolute atomic E-state index is 5.90. The molecular formula is C15H18ClN. The van der Waals surface area contributed by atoms with E-state index in [-0.39, 0.29) is 0 Å². The van der Waals surface area contributed by atoms with Gasteiger partial charge in [0.05, 0.1) is 0 Å². The molecule has 0 spiro atoms. The molecule has 1 aromatic carbocycles. The van der Waals surface area contributed by atoms with E-state index in [4.69, 9.17) is 11.6 Å². The largest absolute Gasteiger partial charge is 0.307 e. The Hall–Kier alpha value is -0.790. The summed E-state index contributed by atoms with van der Waals surface area (Å²) in [5, 5.41) is 4.54. The van der Waals surface area contributed by atoms with Crippen LogP contribution < -0.4 is 5.32 Å². The van der Waals surface area contributed by atoms with Crippen molar-refractivity contribution in [2.75, 3.05) is 0 Å². The third-order valence-electron chi connectivity index (χ3n) is 4.20. The molecule has 2 aliphatic rings. The van der Waals surface area contributed by atoms with Crippen LogP contribution in [-0.2, 0) is 0 Å². The van der Waals surface area contributed by atoms with Crippen LogP contribution in [0.25, 0.3) is 0 Å². The minimum atomic E-state index is 0.409. The van der Waals surface area contributed by atoms with Gasteiger partial charge in [0.2, 0.25) is 0 Å². The van der Waals surface area contributed by atoms with Gasteiger partial charge < -0.3 is 5.32 Å². The van der Waals surface area contributed by atoms with E-state index in [2.05, 4.69) is 36.5 Å². The zero-order valence-corrected chi connectivity index (χ0v) is 10.8. The minimum Gasteiger partial charge on any atom is -0.307 e. The van der Waals surface area contributed by atoms with Crippen molar-refractivity contribution >= 4 is 11.6 Å². The topological polar surface area (TPSA) is 12.0 Å². The van der Waals surface area contributed by atoms with Gasteiger partial charge in [0, 0.05) is 17.1 Å². The van der Waals surface area contributed by atoms with Crippen LogP contribution in [0.3, 0.4) is 0 Å². The monoisotopic (exact) mass is 247 g/mol. The van der Waals surface area contributed by atoms with Crippen LogP contribution in [0.15, 0.2) is 36.4 Å². The lowest BCUT2D eigenvalue weighted by atomic mass is 9.71. The zero-order chi connectivity index (χ0) is 11.8. The quantitative estimate of drug-likeness (QED) is 0.798. The number of nitrogens with one attached hydrogen (secondary N) is 1. The highest BCUT2D eigenvalue weighted by Crippen LogP contribution is 2.43. The van der Waals surface area contributed by atoms with Gasteiger partial charge in [0.1, 0.15) is 0 Å². The summed E-state index contributed by atoms with van der Waals surface area (Å²) in [7, 11) is 0. The Labute approximate surface area is 108 Å². The van der Waals surface area contributed by atoms with E-state index in [1.807, 2.05) is 12.1 Å². The summed E-state index contributed by atoms with van der Waals surface area (Å²) in [5.41, 5.74) is 1.32. The smallest absolute Gasteiger partial charge is 0.0406 e. The molecule has 0 radical (unpaired) electrons. The molecule has 0 amide bonds. The zero-order valence-electron chi connectivity index (χ0n) is 10.1. The van der Waals surface area contributed by atoms with Crippen molar-refractivity contribution in [2.45, 2.75) is 31.8 Å². The normalized spacial score (nSPS) is 32.0. The third kappa shape index (κ3) is 2.14. The molecule has 1 nitrogen and oxygen atoms in total. The molecule has 0 bridgehead atoms. The highest BCUT2D eigenvalue weighted by atomic mass is 35.5. The molecular weight excluding hydrogens is 230 g/mol. The average Bonchev–Trinajstić information content (AvgIpc) is 2.68. The Kier molecular flexibility index (Phi) is 2.97. The van der Waals surface area contributed by atoms with E-state index in [9.17, 15) is 0 Å². The molecule has 4 unspecified atom stereocenters. The summed E-state index contributed by atoms with van der Waals surface area (Å²) in [6.07, 6.45) is 7.35. The first-order valence-electron chi connectivity index (χ1n) is 6.42. The van der Waals surface area contributed by atoms with Crippen LogP contribution in [0.5, 0.6) is 0 Å². The summed E-state index contributed by atoms with van der Waals surface area (Å²) in [4.78, 5) is 0. The maximum Gasteiger partial charge on any atom is 0.0406 e. The van der Waals surface area contributed by atoms with Gasteiger partial charge in [-0.05, 0) is 49.3 Å². The molecule has 2 heteroatoms. The van der Waals surface area contributed by atoms with Crippen molar-refractivity contribution in [3.8, 4) is 0 Å². The Morgan fingerprint density at radius 3 is 2.76 bits per heavy atom. The van der Waals surface area contributed by atoms with Crippen LogP contribution >= 0.6 is 11.6 Å². The first-order valence-corrected chi connectivity index (χ1v) is 6.80. The predicted molar refractivity (Wildman–Crippen MR) is 72.1 cm³/mol. The standard InChI is InChI=1S/C15H18ClN/c1-10(11-5-7-13(16)8-6-11)17-15-9-12-3-2-4-14(12)15/h2,4-8,10,12,14-15,17H,3,9H2,1H3. The van der Waals surface area contributed by atoms with Gasteiger partial charge in [-0.15, -0.1) is 0 Å². The lowest BCUT2D eigenvalue weighted by Crippen LogP contribution is -2.48. The van der Waals surface area contributed by atoms with Gasteiger partial charge in [0.15, 0.2) is 0 Å². The third-order valence-corrected chi connectivity index (χ3v) is 4.45. The molecule has 0 aliphatic heterocycles. The van der Waals surface area contributed by atoms with Crippen LogP contribution in [0.1, 0.15) is 31.4 Å². The Morgan fingerprint density at radius 2 is 2.06 bits per heavy atom. The second-order valence-electron chi connectivity index (χ2n) is 5.28. The van der Waals surface area contributed by atoms with Crippen molar-refractivity contribution < 1.29 is 0 Å². The molecule has 2 aliphatic carbocycles. The number of halogens is 1. The molecule has 1 fully saturated rings. The molecule has 17 heavy (non-hydrogen) atoms. The Balaban J connectivity index is 1.62. The number of allylic oxidation sites excluding steroid dienone is 1. The van der Waals surface area contributed by atoms with E-state index in [1.54, 1.807) is 0 Å². The minimum absolute atomic E-state index is 0.409. The van der Waals surface area contributed by atoms with Crippen molar-refractivity contribution in [3.05, 3.63) is 47.0 Å². The number of benzene rings is 1. The second kappa shape index (κ2) is 4.47. The van der Waals surface area contributed by atoms with Crippen LogP contribution in [0, 0.1) is 11.8 Å². The van der Waals surface area contributed by atoms with Gasteiger partial charge >= 0.3 is 0 Å². The summed E-state index contributed by atoms with van der Waals surface area (Å²) in [5.74, 6) is 1.70. The number of fused-ring (bicyclic) bond motifs is 1. The van der Waals surface area contributed by atoms with E-state index in [1.165, 1.54) is 18.4 Å². The lowest BCUT2D eigenvalue weighted by molar-refractivity contribution is 0.152. The summed E-state index contributed by atoms with van der Waals surface area (Å²) in [6.45, 7) is 2.23. The van der Waals surface area contributed by atoms with E-state index in [0.29, 0.717) is 12.1 Å². The van der Waals surface area contributed by atoms with Gasteiger partial charge in [-0.2, -0.15) is 0 Å². The van der Waals surface area contributed by atoms with E-state index in [0.717, 1.165) is 16.9 Å². The predicted octanol–water partition coefficient (Wildman–Crippen LogP) is 3.96. The lowest BCUT2D eigenvalue weighted by Gasteiger charge is -2.42. The van der Waals surface area contributed by atoms with Crippen LogP contribution in [-0.4, -0.2) is 6.04 Å². The van der Waals surface area contributed by atoms with Gasteiger partial charge in [-0.25, -0.2) is 0 Å². The first kappa shape index (κ1) is 11.3. The fourth-order valence-electron chi connectivity index (χ4n) is 3.08. The average molecular weight is 248 g/mol. The second-order valence-corrected chi connectivity index (χ2v) is 5.72. The molecule has 0 heterocycles. The summed E-state index contributed by atoms with van der Waals surface area (Å²) in [6, 6.07) is 9.24. The molecule has 0 aromatic heterocycles. The molecule has 1 saturated carbocycles. The van der Waals surface area contributed by atoms with Crippen LogP contribution in [0.4, 0.5) is 0 Å². The van der Waals surface area contributed by atoms with Crippen LogP contribution in [0.2, 0.25) is 5.02 Å². The molecule has 4 atom stereocenters. The molecule has 0 saturated heterocycles. The summed E-state index contributed by atoms with van der Waals surface area (Å²) < 4.78 is 0. The fraction of sp³-hybridized carbons (Fsp3) is 0.467. The van der Waals surface area contributed by atoms with Gasteiger partial charge in [-0.3, -0.25) is 0 Å². The molecule has 3 rings (SSSR count). The van der Waals surface area contributed by atoms with E-state index < -0.39 is 0 Å². The summed E-state index contributed by atoms with van der Waals surface area (Å²) >= 11 is 5.90. The maximum atomic E-state index is 5.90. The van der Waals surface area contributed by atoms with Gasteiger partial charge in [0.25, 0.3) is 0 Å². The highest BCUT2D eigenvalue weighted by Gasteiger charge is 2.41. The molecule has 90 valence electrons. The molecule has 1 N–H and O–H groups in total. The van der Waals surface area contributed by atoms with E-state index >= 15 is 0 Å². The molecule has 1 aromatic rings. The van der Waals surface area contributed by atoms with Crippen molar-refractivity contribution in [1.82, 2.24) is 5.32 Å². The number of hydrogen-bond donors (Lipinski definition) is 1. The highest BCUT2D eigenvalue weighted by molar-refractivity contribution is 6.30. The number of rotatable bonds is 3. The Morgan fingerprint density at radius 1 is 1.29 bits per heavy atom. The van der Waals surface area contributed by atoms with Crippen molar-refractivity contribution in [2.24, 2.45) is 11.8 Å². The SMILES string of the molecule is CC(NC1CC2CC=CC21)c1ccc(Cl)cc1. The van der Waals surface area contributed by atoms with Crippen molar-refractivity contribution in [3.63, 3.8) is 0 Å². The Bertz CT molecular complexity index is 423. The first-order chi connectivity index (χ1) is 8.24. The van der Waals surface area contributed by atoms with Gasteiger partial charge in [-0.1, -0.05) is 35.9 Å². The van der Waals surface area contributed by atoms with Crippen molar-refractivity contribution in [1.29, 1.82) is 0 Å².